The van der Waals surface area contributed by atoms with Crippen LogP contribution in [0.2, 0.25) is 0 Å². The summed E-state index contributed by atoms with van der Waals surface area (Å²) in [6, 6.07) is 7.45. The Hall–Kier alpha value is -2.50. The molecule has 0 unspecified atom stereocenters. The van der Waals surface area contributed by atoms with Gasteiger partial charge >= 0.3 is 0 Å². The van der Waals surface area contributed by atoms with Crippen LogP contribution < -0.4 is 20.1 Å². The van der Waals surface area contributed by atoms with Crippen molar-refractivity contribution < 1.29 is 9.47 Å². The van der Waals surface area contributed by atoms with E-state index in [1.54, 1.807) is 20.4 Å². The maximum Gasteiger partial charge on any atom is 0.224 e. The minimum atomic E-state index is 0.624. The Bertz CT molecular complexity index is 604. The fourth-order valence-electron chi connectivity index (χ4n) is 1.95. The van der Waals surface area contributed by atoms with E-state index in [1.807, 2.05) is 24.3 Å². The molecular formula is C16H22N4O2. The number of anilines is 3. The van der Waals surface area contributed by atoms with Crippen LogP contribution in [0.5, 0.6) is 11.5 Å². The van der Waals surface area contributed by atoms with E-state index in [2.05, 4.69) is 27.5 Å². The summed E-state index contributed by atoms with van der Waals surface area (Å²) in [6.45, 7) is 3.02. The minimum absolute atomic E-state index is 0.624. The normalized spacial score (nSPS) is 10.1. The quantitative estimate of drug-likeness (QED) is 0.728. The summed E-state index contributed by atoms with van der Waals surface area (Å²) in [4.78, 5) is 8.64. The van der Waals surface area contributed by atoms with Crippen LogP contribution in [-0.2, 0) is 0 Å². The molecule has 6 heteroatoms. The molecule has 0 bridgehead atoms. The number of methoxy groups -OCH3 is 2. The molecule has 0 saturated carbocycles. The molecule has 0 aliphatic heterocycles. The Morgan fingerprint density at radius 2 is 1.91 bits per heavy atom. The number of hydrogen-bond donors (Lipinski definition) is 2. The molecular weight excluding hydrogens is 280 g/mol. The first-order valence-electron chi connectivity index (χ1n) is 7.32. The Kier molecular flexibility index (Phi) is 5.82. The van der Waals surface area contributed by atoms with Crippen LogP contribution in [0.25, 0.3) is 0 Å². The van der Waals surface area contributed by atoms with Gasteiger partial charge in [0.15, 0.2) is 11.5 Å². The van der Waals surface area contributed by atoms with Gasteiger partial charge < -0.3 is 20.1 Å². The van der Waals surface area contributed by atoms with Crippen molar-refractivity contribution in [2.75, 3.05) is 31.4 Å². The zero-order valence-electron chi connectivity index (χ0n) is 13.2. The van der Waals surface area contributed by atoms with Crippen molar-refractivity contribution in [3.8, 4) is 11.5 Å². The molecule has 0 aliphatic rings. The lowest BCUT2D eigenvalue weighted by molar-refractivity contribution is 0.355. The van der Waals surface area contributed by atoms with Crippen molar-refractivity contribution in [1.29, 1.82) is 0 Å². The van der Waals surface area contributed by atoms with Gasteiger partial charge in [-0.25, -0.2) is 4.98 Å². The summed E-state index contributed by atoms with van der Waals surface area (Å²) in [6.07, 6.45) is 3.96. The van der Waals surface area contributed by atoms with Gasteiger partial charge in [0.2, 0.25) is 5.95 Å². The van der Waals surface area contributed by atoms with Crippen molar-refractivity contribution in [2.24, 2.45) is 0 Å². The van der Waals surface area contributed by atoms with Gasteiger partial charge in [-0.1, -0.05) is 13.3 Å². The molecule has 118 valence electrons. The molecule has 1 aromatic carbocycles. The first-order valence-corrected chi connectivity index (χ1v) is 7.32. The summed E-state index contributed by atoms with van der Waals surface area (Å²) >= 11 is 0. The Balaban J connectivity index is 2.08. The van der Waals surface area contributed by atoms with Crippen molar-refractivity contribution in [1.82, 2.24) is 9.97 Å². The highest BCUT2D eigenvalue weighted by molar-refractivity contribution is 5.61. The number of unbranched alkanes of at least 4 members (excludes halogenated alkanes) is 1. The van der Waals surface area contributed by atoms with Gasteiger partial charge in [0.25, 0.3) is 0 Å². The van der Waals surface area contributed by atoms with Gasteiger partial charge in [-0.2, -0.15) is 4.98 Å². The SMILES string of the molecule is CCCCNc1nccc(Nc2ccc(OC)c(OC)c2)n1. The van der Waals surface area contributed by atoms with Crippen LogP contribution >= 0.6 is 0 Å². The average molecular weight is 302 g/mol. The van der Waals surface area contributed by atoms with Gasteiger partial charge in [0, 0.05) is 24.5 Å². The molecule has 2 rings (SSSR count). The van der Waals surface area contributed by atoms with Crippen LogP contribution in [0.15, 0.2) is 30.5 Å². The van der Waals surface area contributed by atoms with Crippen LogP contribution in [0.4, 0.5) is 17.5 Å². The van der Waals surface area contributed by atoms with E-state index in [0.29, 0.717) is 17.4 Å². The predicted octanol–water partition coefficient (Wildman–Crippen LogP) is 3.45. The topological polar surface area (TPSA) is 68.3 Å². The molecule has 6 nitrogen and oxygen atoms in total. The fraction of sp³-hybridized carbons (Fsp3) is 0.375. The first-order chi connectivity index (χ1) is 10.8. The van der Waals surface area contributed by atoms with E-state index >= 15 is 0 Å². The van der Waals surface area contributed by atoms with Crippen molar-refractivity contribution in [2.45, 2.75) is 19.8 Å². The zero-order chi connectivity index (χ0) is 15.8. The van der Waals surface area contributed by atoms with Crippen LogP contribution in [0.1, 0.15) is 19.8 Å². The molecule has 2 aromatic rings. The van der Waals surface area contributed by atoms with E-state index in [-0.39, 0.29) is 0 Å². The third kappa shape index (κ3) is 4.25. The second kappa shape index (κ2) is 8.07. The highest BCUT2D eigenvalue weighted by Gasteiger charge is 2.05. The summed E-state index contributed by atoms with van der Waals surface area (Å²) < 4.78 is 10.5. The van der Waals surface area contributed by atoms with E-state index in [0.717, 1.165) is 30.9 Å². The molecule has 1 heterocycles. The monoisotopic (exact) mass is 302 g/mol. The summed E-state index contributed by atoms with van der Waals surface area (Å²) in [5.74, 6) is 2.71. The number of aromatic nitrogens is 2. The number of rotatable bonds is 8. The molecule has 0 atom stereocenters. The third-order valence-corrected chi connectivity index (χ3v) is 3.12. The van der Waals surface area contributed by atoms with Gasteiger partial charge in [0.05, 0.1) is 14.2 Å². The smallest absolute Gasteiger partial charge is 0.224 e. The number of nitrogens with one attached hydrogen (secondary N) is 2. The van der Waals surface area contributed by atoms with Crippen LogP contribution in [0, 0.1) is 0 Å². The molecule has 0 fully saturated rings. The highest BCUT2D eigenvalue weighted by Crippen LogP contribution is 2.30. The predicted molar refractivity (Wildman–Crippen MR) is 88.3 cm³/mol. The molecule has 0 aliphatic carbocycles. The molecule has 0 radical (unpaired) electrons. The molecule has 0 spiro atoms. The first kappa shape index (κ1) is 15.9. The van der Waals surface area contributed by atoms with Gasteiger partial charge in [-0.15, -0.1) is 0 Å². The minimum Gasteiger partial charge on any atom is -0.493 e. The molecule has 2 N–H and O–H groups in total. The van der Waals surface area contributed by atoms with Crippen molar-refractivity contribution >= 4 is 17.5 Å². The average Bonchev–Trinajstić information content (AvgIpc) is 2.55. The Morgan fingerprint density at radius 3 is 2.64 bits per heavy atom. The fourth-order valence-corrected chi connectivity index (χ4v) is 1.95. The lowest BCUT2D eigenvalue weighted by Gasteiger charge is -2.11. The highest BCUT2D eigenvalue weighted by atomic mass is 16.5. The molecule has 0 saturated heterocycles. The Morgan fingerprint density at radius 1 is 1.09 bits per heavy atom. The summed E-state index contributed by atoms with van der Waals surface area (Å²) in [5, 5.41) is 6.44. The number of nitrogens with zero attached hydrogens (tertiary/aromatic N) is 2. The summed E-state index contributed by atoms with van der Waals surface area (Å²) in [7, 11) is 3.23. The number of hydrogen-bond acceptors (Lipinski definition) is 6. The number of ether oxygens (including phenoxy) is 2. The van der Waals surface area contributed by atoms with E-state index in [4.69, 9.17) is 9.47 Å². The lowest BCUT2D eigenvalue weighted by atomic mass is 10.2. The summed E-state index contributed by atoms with van der Waals surface area (Å²) in [5.41, 5.74) is 0.871. The Labute approximate surface area is 130 Å². The maximum absolute atomic E-state index is 5.29. The molecule has 22 heavy (non-hydrogen) atoms. The van der Waals surface area contributed by atoms with Crippen LogP contribution in [-0.4, -0.2) is 30.7 Å². The standard InChI is InChI=1S/C16H22N4O2/c1-4-5-9-17-16-18-10-8-15(20-16)19-12-6-7-13(21-2)14(11-12)22-3/h6-8,10-11H,4-5,9H2,1-3H3,(H2,17,18,19,20). The largest absolute Gasteiger partial charge is 0.493 e. The zero-order valence-corrected chi connectivity index (χ0v) is 13.2. The maximum atomic E-state index is 5.29. The van der Waals surface area contributed by atoms with Gasteiger partial charge in [-0.05, 0) is 24.6 Å². The van der Waals surface area contributed by atoms with Crippen molar-refractivity contribution in [3.05, 3.63) is 30.5 Å². The van der Waals surface area contributed by atoms with Gasteiger partial charge in [0.1, 0.15) is 5.82 Å². The van der Waals surface area contributed by atoms with Crippen molar-refractivity contribution in [3.63, 3.8) is 0 Å². The second-order valence-electron chi connectivity index (χ2n) is 4.74. The second-order valence-corrected chi connectivity index (χ2v) is 4.74. The van der Waals surface area contributed by atoms with E-state index in [1.165, 1.54) is 0 Å². The van der Waals surface area contributed by atoms with E-state index < -0.39 is 0 Å². The number of benzene rings is 1. The molecule has 1 aromatic heterocycles. The molecule has 0 amide bonds. The van der Waals surface area contributed by atoms with Gasteiger partial charge in [-0.3, -0.25) is 0 Å². The van der Waals surface area contributed by atoms with E-state index in [9.17, 15) is 0 Å². The lowest BCUT2D eigenvalue weighted by Crippen LogP contribution is -2.06. The van der Waals surface area contributed by atoms with Crippen LogP contribution in [0.3, 0.4) is 0 Å². The third-order valence-electron chi connectivity index (χ3n) is 3.12.